The first-order valence-corrected chi connectivity index (χ1v) is 6.59. The lowest BCUT2D eigenvalue weighted by atomic mass is 10.1. The van der Waals surface area contributed by atoms with Gasteiger partial charge in [-0.05, 0) is 31.5 Å². The summed E-state index contributed by atoms with van der Waals surface area (Å²) >= 11 is 0. The Morgan fingerprint density at radius 2 is 2.00 bits per heavy atom. The first-order chi connectivity index (χ1) is 10.6. The van der Waals surface area contributed by atoms with Crippen molar-refractivity contribution in [2.75, 3.05) is 12.4 Å². The number of ether oxygens (including phenoxy) is 1. The molecule has 0 bridgehead atoms. The van der Waals surface area contributed by atoms with E-state index in [1.807, 2.05) is 13.8 Å². The maximum absolute atomic E-state index is 12.2. The molecule has 0 radical (unpaired) electrons. The minimum absolute atomic E-state index is 0.0782. The molecule has 1 aromatic carbocycles. The number of anilines is 1. The number of benzene rings is 1. The summed E-state index contributed by atoms with van der Waals surface area (Å²) in [7, 11) is 1.38. The van der Waals surface area contributed by atoms with Gasteiger partial charge in [0.1, 0.15) is 5.75 Å². The molecule has 0 aliphatic heterocycles. The lowest BCUT2D eigenvalue weighted by Gasteiger charge is -2.10. The number of aryl methyl sites for hydroxylation is 2. The van der Waals surface area contributed by atoms with Crippen LogP contribution >= 0.6 is 0 Å². The van der Waals surface area contributed by atoms with Crippen LogP contribution < -0.4 is 10.1 Å². The Labute approximate surface area is 129 Å². The monoisotopic (exact) mass is 328 g/mol. The van der Waals surface area contributed by atoms with Gasteiger partial charge in [0.2, 0.25) is 5.76 Å². The Bertz CT molecular complexity index is 791. The quantitative estimate of drug-likeness (QED) is 0.593. The van der Waals surface area contributed by atoms with Crippen molar-refractivity contribution >= 4 is 22.5 Å². The second kappa shape index (κ2) is 5.86. The molecule has 0 aliphatic rings. The Hall–Kier alpha value is -2.64. The van der Waals surface area contributed by atoms with E-state index in [4.69, 9.17) is 9.84 Å². The van der Waals surface area contributed by atoms with Gasteiger partial charge < -0.3 is 20.1 Å². The van der Waals surface area contributed by atoms with Crippen LogP contribution in [-0.4, -0.2) is 29.3 Å². The largest absolute Gasteiger partial charge is 0.504 e. The maximum Gasteiger partial charge on any atom is 0.448 e. The van der Waals surface area contributed by atoms with Crippen LogP contribution in [0.2, 0.25) is 0 Å². The number of hydrogen-bond acceptors (Lipinski definition) is 3. The van der Waals surface area contributed by atoms with E-state index in [1.54, 1.807) is 12.1 Å². The summed E-state index contributed by atoms with van der Waals surface area (Å²) in [5.41, 5.74) is 2.84. The summed E-state index contributed by atoms with van der Waals surface area (Å²) in [5.74, 6) is -2.79. The Kier molecular flexibility index (Phi) is 4.26. The van der Waals surface area contributed by atoms with Crippen molar-refractivity contribution in [2.24, 2.45) is 0 Å². The molecule has 1 amide bonds. The molecule has 0 spiro atoms. The van der Waals surface area contributed by atoms with Crippen LogP contribution in [0, 0.1) is 13.8 Å². The number of fused-ring (bicyclic) bond motifs is 1. The Morgan fingerprint density at radius 3 is 2.57 bits per heavy atom. The molecule has 1 heterocycles. The van der Waals surface area contributed by atoms with E-state index in [0.29, 0.717) is 11.3 Å². The number of alkyl halides is 3. The number of aromatic nitrogens is 1. The van der Waals surface area contributed by atoms with Crippen molar-refractivity contribution in [3.05, 3.63) is 35.2 Å². The van der Waals surface area contributed by atoms with Crippen LogP contribution in [0.1, 0.15) is 11.3 Å². The molecule has 0 aliphatic carbocycles. The van der Waals surface area contributed by atoms with Gasteiger partial charge in [0, 0.05) is 16.6 Å². The van der Waals surface area contributed by atoms with Gasteiger partial charge in [-0.15, -0.1) is 0 Å². The summed E-state index contributed by atoms with van der Waals surface area (Å²) < 4.78 is 41.8. The number of amides is 1. The first-order valence-electron chi connectivity index (χ1n) is 6.59. The number of rotatable bonds is 3. The predicted molar refractivity (Wildman–Crippen MR) is 79.7 cm³/mol. The fourth-order valence-electron chi connectivity index (χ4n) is 2.13. The van der Waals surface area contributed by atoms with Crippen molar-refractivity contribution in [1.82, 2.24) is 4.98 Å². The SMILES string of the molecule is COc1cc2c(C)c(C)[nH]c2cc1NC(=O)/C=C(/O)C(F)(F)F. The number of halogens is 3. The van der Waals surface area contributed by atoms with E-state index in [0.717, 1.165) is 16.6 Å². The van der Waals surface area contributed by atoms with E-state index in [2.05, 4.69) is 10.3 Å². The summed E-state index contributed by atoms with van der Waals surface area (Å²) in [6.45, 7) is 3.79. The number of aliphatic hydroxyl groups is 1. The number of hydrogen-bond donors (Lipinski definition) is 3. The number of aromatic amines is 1. The number of allylic oxidation sites excluding steroid dienone is 1. The van der Waals surface area contributed by atoms with Gasteiger partial charge in [0.25, 0.3) is 5.91 Å². The maximum atomic E-state index is 12.2. The number of carbonyl (C=O) groups excluding carboxylic acids is 1. The fourth-order valence-corrected chi connectivity index (χ4v) is 2.13. The minimum atomic E-state index is -4.97. The second-order valence-corrected chi connectivity index (χ2v) is 4.99. The molecular formula is C15H15F3N2O3. The molecule has 5 nitrogen and oxygen atoms in total. The molecule has 2 rings (SSSR count). The summed E-state index contributed by atoms with van der Waals surface area (Å²) in [6.07, 6.45) is -4.89. The lowest BCUT2D eigenvalue weighted by Crippen LogP contribution is -2.16. The molecule has 1 aromatic heterocycles. The molecule has 0 saturated carbocycles. The topological polar surface area (TPSA) is 74.3 Å². The van der Waals surface area contributed by atoms with Crippen molar-refractivity contribution in [1.29, 1.82) is 0 Å². The average molecular weight is 328 g/mol. The number of H-pyrrole nitrogens is 1. The van der Waals surface area contributed by atoms with Crippen molar-refractivity contribution < 1.29 is 27.8 Å². The van der Waals surface area contributed by atoms with E-state index in [1.165, 1.54) is 7.11 Å². The van der Waals surface area contributed by atoms with Crippen molar-refractivity contribution in [3.8, 4) is 5.75 Å². The average Bonchev–Trinajstić information content (AvgIpc) is 2.71. The normalized spacial score (nSPS) is 12.5. The van der Waals surface area contributed by atoms with Gasteiger partial charge in [-0.25, -0.2) is 0 Å². The van der Waals surface area contributed by atoms with Crippen LogP contribution in [0.5, 0.6) is 5.75 Å². The number of aliphatic hydroxyl groups excluding tert-OH is 1. The van der Waals surface area contributed by atoms with E-state index in [-0.39, 0.29) is 11.8 Å². The third kappa shape index (κ3) is 3.41. The standard InChI is InChI=1S/C15H15F3N2O3/c1-7-8(2)19-10-5-11(12(23-3)4-9(7)10)20-14(22)6-13(21)15(16,17)18/h4-6,19,21H,1-3H3,(H,20,22)/b13-6+. The summed E-state index contributed by atoms with van der Waals surface area (Å²) in [5, 5.41) is 12.0. The number of nitrogens with one attached hydrogen (secondary N) is 2. The molecule has 124 valence electrons. The van der Waals surface area contributed by atoms with Crippen LogP contribution in [0.3, 0.4) is 0 Å². The molecule has 8 heteroatoms. The molecular weight excluding hydrogens is 313 g/mol. The smallest absolute Gasteiger partial charge is 0.448 e. The molecule has 23 heavy (non-hydrogen) atoms. The zero-order valence-corrected chi connectivity index (χ0v) is 12.6. The Morgan fingerprint density at radius 1 is 1.35 bits per heavy atom. The molecule has 3 N–H and O–H groups in total. The van der Waals surface area contributed by atoms with E-state index >= 15 is 0 Å². The van der Waals surface area contributed by atoms with E-state index < -0.39 is 17.8 Å². The highest BCUT2D eigenvalue weighted by molar-refractivity contribution is 6.02. The zero-order chi connectivity index (χ0) is 17.4. The van der Waals surface area contributed by atoms with Gasteiger partial charge in [-0.3, -0.25) is 4.79 Å². The number of methoxy groups -OCH3 is 1. The van der Waals surface area contributed by atoms with Gasteiger partial charge in [-0.1, -0.05) is 0 Å². The van der Waals surface area contributed by atoms with Gasteiger partial charge >= 0.3 is 6.18 Å². The van der Waals surface area contributed by atoms with Gasteiger partial charge in [0.05, 0.1) is 18.9 Å². The fraction of sp³-hybridized carbons (Fsp3) is 0.267. The Balaban J connectivity index is 2.38. The van der Waals surface area contributed by atoms with Crippen LogP contribution in [0.25, 0.3) is 10.9 Å². The first kappa shape index (κ1) is 16.7. The lowest BCUT2D eigenvalue weighted by molar-refractivity contribution is -0.124. The molecule has 2 aromatic rings. The minimum Gasteiger partial charge on any atom is -0.504 e. The summed E-state index contributed by atoms with van der Waals surface area (Å²) in [4.78, 5) is 14.7. The highest BCUT2D eigenvalue weighted by Crippen LogP contribution is 2.33. The highest BCUT2D eigenvalue weighted by Gasteiger charge is 2.34. The van der Waals surface area contributed by atoms with Gasteiger partial charge in [0.15, 0.2) is 0 Å². The van der Waals surface area contributed by atoms with Crippen LogP contribution in [-0.2, 0) is 4.79 Å². The molecule has 0 atom stereocenters. The van der Waals surface area contributed by atoms with Gasteiger partial charge in [-0.2, -0.15) is 13.2 Å². The number of carbonyl (C=O) groups is 1. The van der Waals surface area contributed by atoms with Crippen molar-refractivity contribution in [3.63, 3.8) is 0 Å². The predicted octanol–water partition coefficient (Wildman–Crippen LogP) is 3.74. The van der Waals surface area contributed by atoms with Crippen molar-refractivity contribution in [2.45, 2.75) is 20.0 Å². The third-order valence-electron chi connectivity index (χ3n) is 3.44. The summed E-state index contributed by atoms with van der Waals surface area (Å²) in [6, 6.07) is 3.24. The molecule has 0 saturated heterocycles. The van der Waals surface area contributed by atoms with Crippen LogP contribution in [0.15, 0.2) is 24.0 Å². The molecule has 0 fully saturated rings. The zero-order valence-electron chi connectivity index (χ0n) is 12.6. The molecule has 0 unspecified atom stereocenters. The highest BCUT2D eigenvalue weighted by atomic mass is 19.4. The van der Waals surface area contributed by atoms with E-state index in [9.17, 15) is 18.0 Å². The second-order valence-electron chi connectivity index (χ2n) is 4.99. The van der Waals surface area contributed by atoms with Crippen LogP contribution in [0.4, 0.5) is 18.9 Å². The third-order valence-corrected chi connectivity index (χ3v) is 3.44.